The van der Waals surface area contributed by atoms with Gasteiger partial charge in [-0.15, -0.1) is 0 Å². The third-order valence-corrected chi connectivity index (χ3v) is 4.31. The van der Waals surface area contributed by atoms with E-state index in [1.165, 1.54) is 32.1 Å². The first-order valence-corrected chi connectivity index (χ1v) is 8.52. The molecule has 0 saturated heterocycles. The van der Waals surface area contributed by atoms with Gasteiger partial charge in [-0.05, 0) is 34.5 Å². The van der Waals surface area contributed by atoms with Gasteiger partial charge < -0.3 is 14.6 Å². The van der Waals surface area contributed by atoms with Gasteiger partial charge in [0.15, 0.2) is 0 Å². The fraction of sp³-hybridized carbons (Fsp3) is 0.647. The number of ether oxygens (including phenoxy) is 2. The largest absolute Gasteiger partial charge is 0.496 e. The Labute approximate surface area is 136 Å². The quantitative estimate of drug-likeness (QED) is 0.580. The Morgan fingerprint density at radius 3 is 2.24 bits per heavy atom. The van der Waals surface area contributed by atoms with Crippen molar-refractivity contribution < 1.29 is 14.6 Å². The molecule has 0 fully saturated rings. The molecule has 0 aromatic heterocycles. The van der Waals surface area contributed by atoms with Crippen molar-refractivity contribution in [1.82, 2.24) is 0 Å². The van der Waals surface area contributed by atoms with Gasteiger partial charge in [0.1, 0.15) is 11.5 Å². The summed E-state index contributed by atoms with van der Waals surface area (Å²) in [5.74, 6) is 1.41. The average molecular weight is 359 g/mol. The zero-order chi connectivity index (χ0) is 15.7. The van der Waals surface area contributed by atoms with Crippen LogP contribution in [0.15, 0.2) is 16.6 Å². The minimum atomic E-state index is -0.506. The average Bonchev–Trinajstić information content (AvgIpc) is 2.50. The van der Waals surface area contributed by atoms with Crippen molar-refractivity contribution in [3.8, 4) is 11.5 Å². The molecule has 0 saturated carbocycles. The highest BCUT2D eigenvalue weighted by atomic mass is 79.9. The van der Waals surface area contributed by atoms with Crippen molar-refractivity contribution >= 4 is 15.9 Å². The molecule has 1 unspecified atom stereocenters. The molecule has 4 heteroatoms. The molecule has 3 nitrogen and oxygen atoms in total. The van der Waals surface area contributed by atoms with E-state index in [0.717, 1.165) is 22.9 Å². The molecule has 0 aliphatic heterocycles. The summed E-state index contributed by atoms with van der Waals surface area (Å²) in [4.78, 5) is 0. The molecule has 120 valence electrons. The van der Waals surface area contributed by atoms with Crippen molar-refractivity contribution in [2.75, 3.05) is 14.2 Å². The molecule has 1 aromatic carbocycles. The van der Waals surface area contributed by atoms with Crippen molar-refractivity contribution in [1.29, 1.82) is 0 Å². The molecule has 0 aliphatic carbocycles. The summed E-state index contributed by atoms with van der Waals surface area (Å²) < 4.78 is 11.5. The van der Waals surface area contributed by atoms with Gasteiger partial charge in [0.25, 0.3) is 0 Å². The lowest BCUT2D eigenvalue weighted by Gasteiger charge is -2.17. The monoisotopic (exact) mass is 358 g/mol. The summed E-state index contributed by atoms with van der Waals surface area (Å²) in [6, 6.07) is 3.70. The highest BCUT2D eigenvalue weighted by Crippen LogP contribution is 2.37. The van der Waals surface area contributed by atoms with Gasteiger partial charge in [-0.1, -0.05) is 45.4 Å². The van der Waals surface area contributed by atoms with Crippen molar-refractivity contribution in [3.05, 3.63) is 22.2 Å². The zero-order valence-electron chi connectivity index (χ0n) is 13.3. The minimum absolute atomic E-state index is 0.506. The number of aliphatic hydroxyl groups is 1. The van der Waals surface area contributed by atoms with E-state index in [-0.39, 0.29) is 0 Å². The van der Waals surface area contributed by atoms with Gasteiger partial charge in [-0.3, -0.25) is 0 Å². The van der Waals surface area contributed by atoms with Gasteiger partial charge in [0.2, 0.25) is 0 Å². The summed E-state index contributed by atoms with van der Waals surface area (Å²) in [7, 11) is 3.24. The van der Waals surface area contributed by atoms with Crippen LogP contribution in [0.1, 0.15) is 63.5 Å². The maximum atomic E-state index is 10.4. The van der Waals surface area contributed by atoms with Crippen LogP contribution >= 0.6 is 15.9 Å². The normalized spacial score (nSPS) is 12.2. The van der Waals surface area contributed by atoms with E-state index in [1.54, 1.807) is 14.2 Å². The summed E-state index contributed by atoms with van der Waals surface area (Å²) in [5.41, 5.74) is 0.797. The molecule has 0 radical (unpaired) electrons. The molecule has 21 heavy (non-hydrogen) atoms. The number of hydrogen-bond acceptors (Lipinski definition) is 3. The van der Waals surface area contributed by atoms with Crippen molar-refractivity contribution in [2.45, 2.75) is 58.0 Å². The first kappa shape index (κ1) is 18.3. The standard InChI is InChI=1S/C17H27BrO3/c1-4-5-6-7-8-9-10-15(19)13-11-17(21-3)14(18)12-16(13)20-2/h11-12,15,19H,4-10H2,1-3H3. The van der Waals surface area contributed by atoms with E-state index in [1.807, 2.05) is 12.1 Å². The Balaban J connectivity index is 2.58. The van der Waals surface area contributed by atoms with Gasteiger partial charge in [-0.2, -0.15) is 0 Å². The predicted octanol–water partition coefficient (Wildman–Crippen LogP) is 5.25. The molecule has 0 bridgehead atoms. The number of methoxy groups -OCH3 is 2. The lowest BCUT2D eigenvalue weighted by molar-refractivity contribution is 0.159. The predicted molar refractivity (Wildman–Crippen MR) is 90.2 cm³/mol. The molecular weight excluding hydrogens is 332 g/mol. The first-order chi connectivity index (χ1) is 10.1. The topological polar surface area (TPSA) is 38.7 Å². The van der Waals surface area contributed by atoms with Gasteiger partial charge >= 0.3 is 0 Å². The second kappa shape index (κ2) is 10.1. The Morgan fingerprint density at radius 1 is 1.00 bits per heavy atom. The van der Waals surface area contributed by atoms with Crippen LogP contribution in [-0.4, -0.2) is 19.3 Å². The molecule has 0 heterocycles. The van der Waals surface area contributed by atoms with Crippen LogP contribution in [0.3, 0.4) is 0 Å². The molecular formula is C17H27BrO3. The fourth-order valence-corrected chi connectivity index (χ4v) is 2.90. The highest BCUT2D eigenvalue weighted by molar-refractivity contribution is 9.10. The summed E-state index contributed by atoms with van der Waals surface area (Å²) in [5, 5.41) is 10.4. The summed E-state index contributed by atoms with van der Waals surface area (Å²) in [6.07, 6.45) is 7.57. The van der Waals surface area contributed by atoms with E-state index >= 15 is 0 Å². The van der Waals surface area contributed by atoms with Crippen LogP contribution in [0.4, 0.5) is 0 Å². The number of aliphatic hydroxyl groups excluding tert-OH is 1. The maximum Gasteiger partial charge on any atom is 0.133 e. The Hall–Kier alpha value is -0.740. The van der Waals surface area contributed by atoms with Crippen molar-refractivity contribution in [2.24, 2.45) is 0 Å². The fourth-order valence-electron chi connectivity index (χ4n) is 2.42. The number of benzene rings is 1. The molecule has 0 spiro atoms. The summed E-state index contributed by atoms with van der Waals surface area (Å²) in [6.45, 7) is 2.22. The SMILES string of the molecule is CCCCCCCCC(O)c1cc(OC)c(Br)cc1OC. The lowest BCUT2D eigenvalue weighted by Crippen LogP contribution is -2.02. The van der Waals surface area contributed by atoms with Crippen LogP contribution < -0.4 is 9.47 Å². The molecule has 1 aromatic rings. The highest BCUT2D eigenvalue weighted by Gasteiger charge is 2.16. The Kier molecular flexibility index (Phi) is 8.77. The van der Waals surface area contributed by atoms with Crippen LogP contribution in [0, 0.1) is 0 Å². The lowest BCUT2D eigenvalue weighted by atomic mass is 10.0. The van der Waals surface area contributed by atoms with Gasteiger partial charge in [-0.25, -0.2) is 0 Å². The number of rotatable bonds is 10. The smallest absolute Gasteiger partial charge is 0.133 e. The number of halogens is 1. The second-order valence-electron chi connectivity index (χ2n) is 5.30. The van der Waals surface area contributed by atoms with E-state index in [9.17, 15) is 5.11 Å². The number of unbranched alkanes of at least 4 members (excludes halogenated alkanes) is 5. The van der Waals surface area contributed by atoms with Crippen LogP contribution in [0.25, 0.3) is 0 Å². The maximum absolute atomic E-state index is 10.4. The third kappa shape index (κ3) is 5.87. The van der Waals surface area contributed by atoms with E-state index < -0.39 is 6.10 Å². The van der Waals surface area contributed by atoms with E-state index in [0.29, 0.717) is 11.5 Å². The van der Waals surface area contributed by atoms with Gasteiger partial charge in [0.05, 0.1) is 24.8 Å². The van der Waals surface area contributed by atoms with E-state index in [2.05, 4.69) is 22.9 Å². The second-order valence-corrected chi connectivity index (χ2v) is 6.16. The molecule has 0 aliphatic rings. The zero-order valence-corrected chi connectivity index (χ0v) is 14.9. The molecule has 1 N–H and O–H groups in total. The summed E-state index contributed by atoms with van der Waals surface area (Å²) >= 11 is 3.43. The van der Waals surface area contributed by atoms with Crippen LogP contribution in [0.2, 0.25) is 0 Å². The van der Waals surface area contributed by atoms with Crippen molar-refractivity contribution in [3.63, 3.8) is 0 Å². The minimum Gasteiger partial charge on any atom is -0.496 e. The first-order valence-electron chi connectivity index (χ1n) is 7.73. The molecule has 1 rings (SSSR count). The van der Waals surface area contributed by atoms with Crippen LogP contribution in [0.5, 0.6) is 11.5 Å². The third-order valence-electron chi connectivity index (χ3n) is 3.69. The molecule has 1 atom stereocenters. The van der Waals surface area contributed by atoms with E-state index in [4.69, 9.17) is 9.47 Å². The van der Waals surface area contributed by atoms with Crippen LogP contribution in [-0.2, 0) is 0 Å². The Bertz CT molecular complexity index is 421. The number of hydrogen-bond donors (Lipinski definition) is 1. The Morgan fingerprint density at radius 2 is 1.62 bits per heavy atom. The molecule has 0 amide bonds. The van der Waals surface area contributed by atoms with Gasteiger partial charge in [0, 0.05) is 5.56 Å².